The molecule has 1 N–H and O–H groups in total. The average molecular weight is 411 g/mol. The summed E-state index contributed by atoms with van der Waals surface area (Å²) < 4.78 is 5.14. The summed E-state index contributed by atoms with van der Waals surface area (Å²) in [4.78, 5) is 42.6. The zero-order valence-electron chi connectivity index (χ0n) is 15.3. The summed E-state index contributed by atoms with van der Waals surface area (Å²) in [6, 6.07) is 12.4. The van der Waals surface area contributed by atoms with Gasteiger partial charge in [-0.3, -0.25) is 19.3 Å². The molecule has 1 aromatic heterocycles. The van der Waals surface area contributed by atoms with Crippen LogP contribution in [0.3, 0.4) is 0 Å². The number of nitrogens with one attached hydrogen (secondary N) is 1. The quantitative estimate of drug-likeness (QED) is 0.648. The number of benzene rings is 2. The van der Waals surface area contributed by atoms with Crippen LogP contribution in [0.4, 0.5) is 0 Å². The fraction of sp³-hybridized carbons (Fsp3) is 0.150. The second kappa shape index (κ2) is 7.48. The van der Waals surface area contributed by atoms with Crippen LogP contribution < -0.4 is 5.32 Å². The lowest BCUT2D eigenvalue weighted by molar-refractivity contribution is -0.124. The largest absolute Gasteiger partial charge is 0.345 e. The minimum absolute atomic E-state index is 0.0348. The van der Waals surface area contributed by atoms with Gasteiger partial charge >= 0.3 is 0 Å². The summed E-state index contributed by atoms with van der Waals surface area (Å²) in [7, 11) is 0. The number of rotatable bonds is 5. The van der Waals surface area contributed by atoms with Crippen LogP contribution in [0.25, 0.3) is 11.4 Å². The molecule has 0 bridgehead atoms. The molecular formula is C20H15ClN4O4. The highest BCUT2D eigenvalue weighted by Crippen LogP contribution is 2.24. The van der Waals surface area contributed by atoms with Crippen molar-refractivity contribution in [1.29, 1.82) is 0 Å². The molecule has 29 heavy (non-hydrogen) atoms. The third kappa shape index (κ3) is 3.50. The van der Waals surface area contributed by atoms with E-state index < -0.39 is 23.8 Å². The van der Waals surface area contributed by atoms with Crippen LogP contribution >= 0.6 is 11.6 Å². The first-order valence-corrected chi connectivity index (χ1v) is 9.16. The van der Waals surface area contributed by atoms with Gasteiger partial charge in [0.25, 0.3) is 11.8 Å². The minimum Gasteiger partial charge on any atom is -0.345 e. The predicted molar refractivity (Wildman–Crippen MR) is 103 cm³/mol. The Bertz CT molecular complexity index is 1070. The molecule has 9 heteroatoms. The molecule has 1 atom stereocenters. The monoisotopic (exact) mass is 410 g/mol. The number of amides is 3. The standard InChI is InChI=1S/C20H15ClN4O4/c1-11(25-19(27)14-4-2-3-5-15(14)20(25)28)18(26)22-10-16-23-17(24-29-16)12-6-8-13(21)9-7-12/h2-9,11H,10H2,1H3,(H,22,26). The third-order valence-corrected chi connectivity index (χ3v) is 4.83. The van der Waals surface area contributed by atoms with Crippen LogP contribution in [0.1, 0.15) is 33.5 Å². The van der Waals surface area contributed by atoms with Crippen LogP contribution in [-0.2, 0) is 11.3 Å². The number of fused-ring (bicyclic) bond motifs is 1. The van der Waals surface area contributed by atoms with Gasteiger partial charge in [0.05, 0.1) is 17.7 Å². The van der Waals surface area contributed by atoms with Crippen LogP contribution in [0, 0.1) is 0 Å². The Hall–Kier alpha value is -3.52. The number of nitrogens with zero attached hydrogens (tertiary/aromatic N) is 3. The van der Waals surface area contributed by atoms with Gasteiger partial charge in [-0.1, -0.05) is 28.9 Å². The van der Waals surface area contributed by atoms with E-state index in [2.05, 4.69) is 15.5 Å². The summed E-state index contributed by atoms with van der Waals surface area (Å²) in [5.74, 6) is -0.935. The third-order valence-electron chi connectivity index (χ3n) is 4.58. The van der Waals surface area contributed by atoms with Gasteiger partial charge in [0.15, 0.2) is 0 Å². The number of imide groups is 1. The lowest BCUT2D eigenvalue weighted by Crippen LogP contribution is -2.47. The number of aromatic nitrogens is 2. The van der Waals surface area contributed by atoms with Gasteiger partial charge in [0, 0.05) is 10.6 Å². The molecule has 1 unspecified atom stereocenters. The molecule has 146 valence electrons. The summed E-state index contributed by atoms with van der Waals surface area (Å²) in [5, 5.41) is 7.07. The Labute approximate surface area is 170 Å². The van der Waals surface area contributed by atoms with Crippen molar-refractivity contribution >= 4 is 29.3 Å². The lowest BCUT2D eigenvalue weighted by atomic mass is 10.1. The number of carbonyl (C=O) groups is 3. The molecule has 0 saturated heterocycles. The number of halogens is 1. The van der Waals surface area contributed by atoms with E-state index >= 15 is 0 Å². The summed E-state index contributed by atoms with van der Waals surface area (Å²) in [6.45, 7) is 1.46. The van der Waals surface area contributed by atoms with Crippen molar-refractivity contribution in [3.63, 3.8) is 0 Å². The molecule has 0 aliphatic carbocycles. The molecule has 0 saturated carbocycles. The lowest BCUT2D eigenvalue weighted by Gasteiger charge is -2.21. The topological polar surface area (TPSA) is 105 Å². The number of carbonyl (C=O) groups excluding carboxylic acids is 3. The van der Waals surface area contributed by atoms with Crippen molar-refractivity contribution in [2.75, 3.05) is 0 Å². The highest BCUT2D eigenvalue weighted by Gasteiger charge is 2.40. The van der Waals surface area contributed by atoms with Crippen molar-refractivity contribution in [2.45, 2.75) is 19.5 Å². The average Bonchev–Trinajstić information content (AvgIpc) is 3.30. The molecule has 3 amide bonds. The maximum Gasteiger partial charge on any atom is 0.262 e. The molecule has 2 heterocycles. The first-order valence-electron chi connectivity index (χ1n) is 8.79. The van der Waals surface area contributed by atoms with Gasteiger partial charge in [0.2, 0.25) is 17.6 Å². The molecule has 1 aliphatic rings. The van der Waals surface area contributed by atoms with E-state index in [1.807, 2.05) is 0 Å². The van der Waals surface area contributed by atoms with Crippen molar-refractivity contribution < 1.29 is 18.9 Å². The first kappa shape index (κ1) is 18.8. The maximum absolute atomic E-state index is 12.5. The van der Waals surface area contributed by atoms with Gasteiger partial charge < -0.3 is 9.84 Å². The van der Waals surface area contributed by atoms with Crippen LogP contribution in [0.5, 0.6) is 0 Å². The SMILES string of the molecule is CC(C(=O)NCc1nc(-c2ccc(Cl)cc2)no1)N1C(=O)c2ccccc2C1=O. The Morgan fingerprint density at radius 1 is 1.10 bits per heavy atom. The normalized spacial score (nSPS) is 14.1. The molecule has 8 nitrogen and oxygen atoms in total. The minimum atomic E-state index is -0.985. The molecule has 0 spiro atoms. The van der Waals surface area contributed by atoms with Gasteiger partial charge in [-0.05, 0) is 43.3 Å². The van der Waals surface area contributed by atoms with Crippen LogP contribution in [0.2, 0.25) is 5.02 Å². The van der Waals surface area contributed by atoms with Crippen molar-refractivity contribution in [2.24, 2.45) is 0 Å². The van der Waals surface area contributed by atoms with E-state index in [-0.39, 0.29) is 12.4 Å². The predicted octanol–water partition coefficient (Wildman–Crippen LogP) is 2.69. The van der Waals surface area contributed by atoms with E-state index in [4.69, 9.17) is 16.1 Å². The smallest absolute Gasteiger partial charge is 0.262 e. The zero-order chi connectivity index (χ0) is 20.5. The van der Waals surface area contributed by atoms with E-state index in [1.54, 1.807) is 48.5 Å². The van der Waals surface area contributed by atoms with E-state index in [1.165, 1.54) is 6.92 Å². The Morgan fingerprint density at radius 2 is 1.72 bits per heavy atom. The van der Waals surface area contributed by atoms with E-state index in [9.17, 15) is 14.4 Å². The van der Waals surface area contributed by atoms with Crippen LogP contribution in [-0.4, -0.2) is 38.8 Å². The molecule has 0 radical (unpaired) electrons. The molecular weight excluding hydrogens is 396 g/mol. The van der Waals surface area contributed by atoms with E-state index in [0.717, 1.165) is 10.5 Å². The Balaban J connectivity index is 1.41. The summed E-state index contributed by atoms with van der Waals surface area (Å²) in [6.07, 6.45) is 0. The molecule has 1 aliphatic heterocycles. The van der Waals surface area contributed by atoms with Crippen molar-refractivity contribution in [3.8, 4) is 11.4 Å². The van der Waals surface area contributed by atoms with Gasteiger partial charge in [0.1, 0.15) is 6.04 Å². The molecule has 3 aromatic rings. The Morgan fingerprint density at radius 3 is 2.34 bits per heavy atom. The fourth-order valence-electron chi connectivity index (χ4n) is 3.03. The van der Waals surface area contributed by atoms with Crippen molar-refractivity contribution in [1.82, 2.24) is 20.4 Å². The number of hydrogen-bond acceptors (Lipinski definition) is 6. The second-order valence-corrected chi connectivity index (χ2v) is 6.87. The highest BCUT2D eigenvalue weighted by molar-refractivity contribution is 6.30. The molecule has 4 rings (SSSR count). The van der Waals surface area contributed by atoms with Crippen LogP contribution in [0.15, 0.2) is 53.1 Å². The van der Waals surface area contributed by atoms with Gasteiger partial charge in [-0.25, -0.2) is 0 Å². The van der Waals surface area contributed by atoms with Crippen molar-refractivity contribution in [3.05, 3.63) is 70.6 Å². The van der Waals surface area contributed by atoms with Gasteiger partial charge in [-0.2, -0.15) is 4.98 Å². The van der Waals surface area contributed by atoms with E-state index in [0.29, 0.717) is 22.0 Å². The highest BCUT2D eigenvalue weighted by atomic mass is 35.5. The molecule has 0 fully saturated rings. The van der Waals surface area contributed by atoms with Gasteiger partial charge in [-0.15, -0.1) is 0 Å². The maximum atomic E-state index is 12.5. The molecule has 2 aromatic carbocycles. The number of hydrogen-bond donors (Lipinski definition) is 1. The second-order valence-electron chi connectivity index (χ2n) is 6.44. The zero-order valence-corrected chi connectivity index (χ0v) is 16.0. The summed E-state index contributed by atoms with van der Waals surface area (Å²) >= 11 is 5.86. The summed E-state index contributed by atoms with van der Waals surface area (Å²) in [5.41, 5.74) is 1.30. The first-order chi connectivity index (χ1) is 14.0. The Kier molecular flexibility index (Phi) is 4.85. The fourth-order valence-corrected chi connectivity index (χ4v) is 3.16.